The molecular weight excluding hydrogens is 462 g/mol. The van der Waals surface area contributed by atoms with Crippen molar-refractivity contribution >= 4 is 28.0 Å². The smallest absolute Gasteiger partial charge is 0.410 e. The SMILES string of the molecule is CCCCS(=O)(=O)N[C@@H](CNC(=O)[C@@H]1CCCN(C(=O)OCc2ccccc2)C1)C(=O)OCC. The minimum absolute atomic E-state index is 0.0860. The summed E-state index contributed by atoms with van der Waals surface area (Å²) in [6, 6.07) is 8.09. The summed E-state index contributed by atoms with van der Waals surface area (Å²) < 4.78 is 37.1. The van der Waals surface area contributed by atoms with E-state index in [9.17, 15) is 22.8 Å². The van der Waals surface area contributed by atoms with Crippen LogP contribution in [0.2, 0.25) is 0 Å². The molecule has 1 aliphatic rings. The Hall–Kier alpha value is -2.66. The first-order valence-corrected chi connectivity index (χ1v) is 13.3. The highest BCUT2D eigenvalue weighted by Crippen LogP contribution is 2.18. The number of piperidine rings is 1. The third kappa shape index (κ3) is 9.30. The molecular formula is C23H35N3O7S. The quantitative estimate of drug-likeness (QED) is 0.421. The number of ether oxygens (including phenoxy) is 2. The van der Waals surface area contributed by atoms with Crippen LogP contribution in [0.5, 0.6) is 0 Å². The highest BCUT2D eigenvalue weighted by atomic mass is 32.2. The minimum Gasteiger partial charge on any atom is -0.465 e. The highest BCUT2D eigenvalue weighted by molar-refractivity contribution is 7.89. The first kappa shape index (κ1) is 27.6. The van der Waals surface area contributed by atoms with Crippen LogP contribution in [0.4, 0.5) is 4.79 Å². The second kappa shape index (κ2) is 13.9. The van der Waals surface area contributed by atoms with Crippen LogP contribution in [0.1, 0.15) is 45.1 Å². The predicted molar refractivity (Wildman–Crippen MR) is 126 cm³/mol. The van der Waals surface area contributed by atoms with Gasteiger partial charge in [-0.1, -0.05) is 43.7 Å². The van der Waals surface area contributed by atoms with E-state index in [0.717, 1.165) is 5.56 Å². The number of hydrogen-bond acceptors (Lipinski definition) is 7. The molecule has 0 aliphatic carbocycles. The maximum atomic E-state index is 12.7. The molecule has 0 spiro atoms. The number of carbonyl (C=O) groups is 3. The van der Waals surface area contributed by atoms with Crippen molar-refractivity contribution in [2.75, 3.05) is 32.0 Å². The van der Waals surface area contributed by atoms with Crippen molar-refractivity contribution in [1.82, 2.24) is 14.9 Å². The van der Waals surface area contributed by atoms with Crippen molar-refractivity contribution in [3.05, 3.63) is 35.9 Å². The van der Waals surface area contributed by atoms with Gasteiger partial charge in [0.2, 0.25) is 15.9 Å². The first-order valence-electron chi connectivity index (χ1n) is 11.7. The van der Waals surface area contributed by atoms with E-state index in [0.29, 0.717) is 32.2 Å². The lowest BCUT2D eigenvalue weighted by molar-refractivity contribution is -0.145. The Bertz CT molecular complexity index is 908. The molecule has 1 aromatic rings. The lowest BCUT2D eigenvalue weighted by Crippen LogP contribution is -2.52. The van der Waals surface area contributed by atoms with Gasteiger partial charge in [-0.2, -0.15) is 4.72 Å². The van der Waals surface area contributed by atoms with Gasteiger partial charge in [-0.25, -0.2) is 13.2 Å². The van der Waals surface area contributed by atoms with Gasteiger partial charge in [-0.15, -0.1) is 0 Å². The number of likely N-dealkylation sites (tertiary alicyclic amines) is 1. The zero-order chi connectivity index (χ0) is 25.0. The van der Waals surface area contributed by atoms with Gasteiger partial charge in [0.25, 0.3) is 0 Å². The topological polar surface area (TPSA) is 131 Å². The summed E-state index contributed by atoms with van der Waals surface area (Å²) in [6.07, 6.45) is 1.85. The minimum atomic E-state index is -3.70. The number of esters is 1. The molecule has 1 aromatic carbocycles. The zero-order valence-electron chi connectivity index (χ0n) is 19.8. The van der Waals surface area contributed by atoms with E-state index in [1.54, 1.807) is 6.92 Å². The monoisotopic (exact) mass is 497 g/mol. The van der Waals surface area contributed by atoms with Crippen LogP contribution in [-0.2, 0) is 35.7 Å². The van der Waals surface area contributed by atoms with Gasteiger partial charge < -0.3 is 19.7 Å². The van der Waals surface area contributed by atoms with Crippen molar-refractivity contribution in [2.45, 2.75) is 52.2 Å². The summed E-state index contributed by atoms with van der Waals surface area (Å²) in [5.74, 6) is -1.71. The molecule has 2 amide bonds. The number of hydrogen-bond donors (Lipinski definition) is 2. The van der Waals surface area contributed by atoms with Gasteiger partial charge in [0, 0.05) is 19.6 Å². The molecule has 0 unspecified atom stereocenters. The van der Waals surface area contributed by atoms with E-state index in [1.807, 2.05) is 37.3 Å². The largest absolute Gasteiger partial charge is 0.465 e. The molecule has 2 rings (SSSR count). The molecule has 34 heavy (non-hydrogen) atoms. The molecule has 2 N–H and O–H groups in total. The Morgan fingerprint density at radius 1 is 1.15 bits per heavy atom. The van der Waals surface area contributed by atoms with Crippen LogP contribution in [0.3, 0.4) is 0 Å². The standard InChI is InChI=1S/C23H35N3O7S/c1-3-5-14-34(30,31)25-20(22(28)32-4-2)15-24-21(27)19-12-9-13-26(16-19)23(29)33-17-18-10-7-6-8-11-18/h6-8,10-11,19-20,25H,3-5,9,12-17H2,1-2H3,(H,24,27)/t19-,20+/m1/s1. The average molecular weight is 498 g/mol. The molecule has 0 radical (unpaired) electrons. The van der Waals surface area contributed by atoms with Crippen LogP contribution in [0.25, 0.3) is 0 Å². The maximum absolute atomic E-state index is 12.7. The second-order valence-corrected chi connectivity index (χ2v) is 10.0. The Morgan fingerprint density at radius 2 is 1.88 bits per heavy atom. The summed E-state index contributed by atoms with van der Waals surface area (Å²) in [4.78, 5) is 38.9. The molecule has 1 fully saturated rings. The number of benzene rings is 1. The normalized spacial score (nSPS) is 17.0. The van der Waals surface area contributed by atoms with E-state index in [2.05, 4.69) is 10.0 Å². The molecule has 11 heteroatoms. The molecule has 1 aliphatic heterocycles. The number of sulfonamides is 1. The van der Waals surface area contributed by atoms with E-state index >= 15 is 0 Å². The molecule has 190 valence electrons. The fourth-order valence-corrected chi connectivity index (χ4v) is 4.94. The van der Waals surface area contributed by atoms with Crippen LogP contribution in [0.15, 0.2) is 30.3 Å². The summed E-state index contributed by atoms with van der Waals surface area (Å²) in [6.45, 7) is 4.15. The molecule has 0 bridgehead atoms. The van der Waals surface area contributed by atoms with Crippen molar-refractivity contribution in [3.8, 4) is 0 Å². The van der Waals surface area contributed by atoms with Gasteiger partial charge >= 0.3 is 12.1 Å². The van der Waals surface area contributed by atoms with Crippen molar-refractivity contribution in [2.24, 2.45) is 5.92 Å². The fourth-order valence-electron chi connectivity index (χ4n) is 3.54. The summed E-state index contributed by atoms with van der Waals surface area (Å²) in [5, 5.41) is 2.64. The number of nitrogens with one attached hydrogen (secondary N) is 2. The molecule has 1 heterocycles. The predicted octanol–water partition coefficient (Wildman–Crippen LogP) is 1.80. The average Bonchev–Trinajstić information content (AvgIpc) is 2.84. The van der Waals surface area contributed by atoms with Gasteiger partial charge in [0.15, 0.2) is 0 Å². The Labute approximate surface area is 201 Å². The molecule has 2 atom stereocenters. The third-order valence-electron chi connectivity index (χ3n) is 5.40. The van der Waals surface area contributed by atoms with Gasteiger partial charge in [-0.3, -0.25) is 9.59 Å². The fraction of sp³-hybridized carbons (Fsp3) is 0.609. The van der Waals surface area contributed by atoms with Crippen LogP contribution < -0.4 is 10.0 Å². The lowest BCUT2D eigenvalue weighted by atomic mass is 9.97. The second-order valence-electron chi connectivity index (χ2n) is 8.17. The van der Waals surface area contributed by atoms with E-state index < -0.39 is 34.0 Å². The number of amides is 2. The zero-order valence-corrected chi connectivity index (χ0v) is 20.6. The van der Waals surface area contributed by atoms with Crippen molar-refractivity contribution in [3.63, 3.8) is 0 Å². The maximum Gasteiger partial charge on any atom is 0.410 e. The van der Waals surface area contributed by atoms with Crippen LogP contribution in [-0.4, -0.2) is 69.3 Å². The van der Waals surface area contributed by atoms with E-state index in [-0.39, 0.29) is 38.0 Å². The Morgan fingerprint density at radius 3 is 2.56 bits per heavy atom. The Balaban J connectivity index is 1.90. The molecule has 10 nitrogen and oxygen atoms in total. The van der Waals surface area contributed by atoms with Crippen LogP contribution in [0, 0.1) is 5.92 Å². The molecule has 1 saturated heterocycles. The van der Waals surface area contributed by atoms with Gasteiger partial charge in [0.05, 0.1) is 18.3 Å². The Kier molecular flexibility index (Phi) is 11.3. The summed E-state index contributed by atoms with van der Waals surface area (Å²) in [5.41, 5.74) is 0.869. The molecule has 0 aromatic heterocycles. The van der Waals surface area contributed by atoms with Crippen LogP contribution >= 0.6 is 0 Å². The first-order chi connectivity index (χ1) is 16.3. The number of nitrogens with zero attached hydrogens (tertiary/aromatic N) is 1. The van der Waals surface area contributed by atoms with Gasteiger partial charge in [0.1, 0.15) is 12.6 Å². The number of carbonyl (C=O) groups excluding carboxylic acids is 3. The number of rotatable bonds is 12. The summed E-state index contributed by atoms with van der Waals surface area (Å²) >= 11 is 0. The molecule has 0 saturated carbocycles. The third-order valence-corrected chi connectivity index (χ3v) is 6.87. The van der Waals surface area contributed by atoms with Gasteiger partial charge in [-0.05, 0) is 31.7 Å². The number of unbranched alkanes of at least 4 members (excludes halogenated alkanes) is 1. The lowest BCUT2D eigenvalue weighted by Gasteiger charge is -2.31. The van der Waals surface area contributed by atoms with E-state index in [1.165, 1.54) is 4.90 Å². The highest BCUT2D eigenvalue weighted by Gasteiger charge is 2.31. The van der Waals surface area contributed by atoms with Crippen molar-refractivity contribution in [1.29, 1.82) is 0 Å². The summed E-state index contributed by atoms with van der Waals surface area (Å²) in [7, 11) is -3.70. The van der Waals surface area contributed by atoms with E-state index in [4.69, 9.17) is 9.47 Å². The van der Waals surface area contributed by atoms with Crippen molar-refractivity contribution < 1.29 is 32.3 Å².